The van der Waals surface area contributed by atoms with Gasteiger partial charge in [0.1, 0.15) is 18.7 Å². The Balaban J connectivity index is 2.03. The maximum Gasteiger partial charge on any atom is 0.312 e. The molecule has 0 saturated heterocycles. The number of nitro groups is 1. The molecule has 2 aromatic carbocycles. The normalized spacial score (nSPS) is 16.4. The summed E-state index contributed by atoms with van der Waals surface area (Å²) in [6, 6.07) is 12.5. The second-order valence-corrected chi connectivity index (χ2v) is 10.3. The fourth-order valence-corrected chi connectivity index (χ4v) is 3.56. The highest BCUT2D eigenvalue weighted by molar-refractivity contribution is 8.03. The predicted molar refractivity (Wildman–Crippen MR) is 129 cm³/mol. The Kier molecular flexibility index (Phi) is 7.10. The quantitative estimate of drug-likeness (QED) is 0.246. The summed E-state index contributed by atoms with van der Waals surface area (Å²) in [4.78, 5) is 23.5. The van der Waals surface area contributed by atoms with Crippen LogP contribution in [-0.2, 0) is 25.2 Å². The largest absolute Gasteiger partial charge is 0.487 e. The Labute approximate surface area is 202 Å². The Morgan fingerprint density at radius 2 is 1.86 bits per heavy atom. The summed E-state index contributed by atoms with van der Waals surface area (Å²) in [7, 11) is -3.83. The van der Waals surface area contributed by atoms with E-state index < -0.39 is 31.9 Å². The molecule has 35 heavy (non-hydrogen) atoms. The minimum Gasteiger partial charge on any atom is -0.487 e. The summed E-state index contributed by atoms with van der Waals surface area (Å²) in [5.41, 5.74) is 4.61. The summed E-state index contributed by atoms with van der Waals surface area (Å²) in [5.74, 6) is -0.409. The van der Waals surface area contributed by atoms with E-state index in [1.165, 1.54) is 17.1 Å². The molecule has 0 aromatic heterocycles. The number of hydrazone groups is 1. The predicted octanol–water partition coefficient (Wildman–Crippen LogP) is 2.66. The van der Waals surface area contributed by atoms with Crippen LogP contribution in [0.25, 0.3) is 0 Å². The fraction of sp³-hybridized carbons (Fsp3) is 0.318. The van der Waals surface area contributed by atoms with Crippen LogP contribution in [0.15, 0.2) is 58.0 Å². The van der Waals surface area contributed by atoms with Crippen molar-refractivity contribution in [3.05, 3.63) is 64.2 Å². The number of ether oxygens (including phenoxy) is 2. The molecular weight excluding hydrogens is 478 g/mol. The Morgan fingerprint density at radius 1 is 1.17 bits per heavy atom. The van der Waals surface area contributed by atoms with Gasteiger partial charge in [0.25, 0.3) is 15.7 Å². The van der Waals surface area contributed by atoms with Crippen molar-refractivity contribution in [3.8, 4) is 5.75 Å². The number of rotatable bonds is 8. The molecule has 1 aliphatic heterocycles. The van der Waals surface area contributed by atoms with E-state index in [1.54, 1.807) is 51.1 Å². The summed E-state index contributed by atoms with van der Waals surface area (Å²) < 4.78 is 38.7. The highest BCUT2D eigenvalue weighted by atomic mass is 32.2. The van der Waals surface area contributed by atoms with Gasteiger partial charge >= 0.3 is 5.97 Å². The van der Waals surface area contributed by atoms with Crippen LogP contribution < -0.4 is 10.5 Å². The van der Waals surface area contributed by atoms with Crippen molar-refractivity contribution >= 4 is 39.3 Å². The van der Waals surface area contributed by atoms with Crippen LogP contribution in [0.2, 0.25) is 0 Å². The highest BCUT2D eigenvalue weighted by Crippen LogP contribution is 2.34. The third kappa shape index (κ3) is 6.32. The third-order valence-electron chi connectivity index (χ3n) is 4.94. The highest BCUT2D eigenvalue weighted by Gasteiger charge is 2.42. The molecule has 0 fully saturated rings. The van der Waals surface area contributed by atoms with Crippen LogP contribution in [0.1, 0.15) is 26.3 Å². The molecule has 3 rings (SSSR count). The van der Waals surface area contributed by atoms with Crippen molar-refractivity contribution in [1.29, 1.82) is 0 Å². The maximum atomic E-state index is 13.0. The molecular formula is C22H25N5O7S. The number of hydrogen-bond donors (Lipinski definition) is 1. The number of nitrogen functional groups attached to an aromatic ring is 1. The lowest BCUT2D eigenvalue weighted by Gasteiger charge is -2.37. The zero-order chi connectivity index (χ0) is 25.9. The second kappa shape index (κ2) is 9.70. The number of nitro benzene ring substituents is 1. The van der Waals surface area contributed by atoms with Gasteiger partial charge in [-0.1, -0.05) is 30.3 Å². The SMILES string of the molecule is CC(C)(C)C(=O)O[C@](COc1ccc([N+](=O)[O-])cc1N)(CN1C=NS(=O)(=O)C=N1)c1ccccc1. The minimum atomic E-state index is -3.83. The van der Waals surface area contributed by atoms with Crippen LogP contribution in [0.3, 0.4) is 0 Å². The maximum absolute atomic E-state index is 13.0. The van der Waals surface area contributed by atoms with E-state index in [9.17, 15) is 23.3 Å². The number of carbonyl (C=O) groups is 1. The van der Waals surface area contributed by atoms with Crippen LogP contribution in [-0.4, -0.2) is 49.4 Å². The molecule has 0 amide bonds. The number of benzene rings is 2. The summed E-state index contributed by atoms with van der Waals surface area (Å²) in [6.45, 7) is 4.64. The van der Waals surface area contributed by atoms with Gasteiger partial charge < -0.3 is 15.2 Å². The molecule has 186 valence electrons. The standard InChI is InChI=1S/C22H25N5O7S/c1-21(2,3)20(28)34-22(16-7-5-4-6-8-16,12-26-14-25-35(31,32)15-24-26)13-33-19-10-9-17(27(29)30)11-18(19)23/h4-11,14-15H,12-13,23H2,1-3H3/t22-/m0/s1. The first-order chi connectivity index (χ1) is 16.3. The van der Waals surface area contributed by atoms with Crippen molar-refractivity contribution < 1.29 is 27.6 Å². The van der Waals surface area contributed by atoms with Gasteiger partial charge in [0.2, 0.25) is 0 Å². The van der Waals surface area contributed by atoms with Crippen LogP contribution in [0.5, 0.6) is 5.75 Å². The Bertz CT molecular complexity index is 1250. The van der Waals surface area contributed by atoms with Crippen LogP contribution >= 0.6 is 0 Å². The molecule has 1 heterocycles. The zero-order valence-corrected chi connectivity index (χ0v) is 20.1. The number of anilines is 1. The van der Waals surface area contributed by atoms with Gasteiger partial charge in [-0.05, 0) is 26.8 Å². The first-order valence-electron chi connectivity index (χ1n) is 10.4. The van der Waals surface area contributed by atoms with Gasteiger partial charge in [-0.25, -0.2) is 5.01 Å². The smallest absolute Gasteiger partial charge is 0.312 e. The van der Waals surface area contributed by atoms with E-state index in [1.807, 2.05) is 0 Å². The molecule has 1 aliphatic rings. The zero-order valence-electron chi connectivity index (χ0n) is 19.3. The molecule has 0 saturated carbocycles. The van der Waals surface area contributed by atoms with Crippen molar-refractivity contribution in [1.82, 2.24) is 5.01 Å². The topological polar surface area (TPSA) is 167 Å². The van der Waals surface area contributed by atoms with Crippen LogP contribution in [0.4, 0.5) is 11.4 Å². The summed E-state index contributed by atoms with van der Waals surface area (Å²) in [5, 5.41) is 16.1. The Morgan fingerprint density at radius 3 is 2.40 bits per heavy atom. The number of non-ortho nitro benzene ring substituents is 1. The van der Waals surface area contributed by atoms with E-state index in [0.717, 1.165) is 12.4 Å². The van der Waals surface area contributed by atoms with E-state index in [2.05, 4.69) is 9.50 Å². The van der Waals surface area contributed by atoms with Gasteiger partial charge in [0.05, 0.1) is 22.6 Å². The average molecular weight is 504 g/mol. The van der Waals surface area contributed by atoms with Crippen molar-refractivity contribution in [2.45, 2.75) is 26.4 Å². The lowest BCUT2D eigenvalue weighted by molar-refractivity contribution is -0.384. The average Bonchev–Trinajstić information content (AvgIpc) is 2.79. The lowest BCUT2D eigenvalue weighted by Crippen LogP contribution is -2.49. The molecule has 13 heteroatoms. The number of hydrogen-bond acceptors (Lipinski definition) is 10. The number of nitrogens with zero attached hydrogens (tertiary/aromatic N) is 4. The summed E-state index contributed by atoms with van der Waals surface area (Å²) in [6.07, 6.45) is 1.01. The monoisotopic (exact) mass is 503 g/mol. The number of sulfonamides is 1. The number of carbonyl (C=O) groups excluding carboxylic acids is 1. The van der Waals surface area contributed by atoms with E-state index in [4.69, 9.17) is 15.2 Å². The van der Waals surface area contributed by atoms with E-state index in [-0.39, 0.29) is 30.3 Å². The number of nitrogens with two attached hydrogens (primary N) is 1. The van der Waals surface area contributed by atoms with E-state index in [0.29, 0.717) is 11.1 Å². The van der Waals surface area contributed by atoms with Gasteiger partial charge in [0.15, 0.2) is 11.1 Å². The van der Waals surface area contributed by atoms with Crippen molar-refractivity contribution in [2.75, 3.05) is 18.9 Å². The third-order valence-corrected chi connectivity index (χ3v) is 5.69. The first kappa shape index (κ1) is 25.6. The Hall–Kier alpha value is -4.00. The molecule has 0 bridgehead atoms. The van der Waals surface area contributed by atoms with Crippen LogP contribution in [0, 0.1) is 15.5 Å². The molecule has 2 N–H and O–H groups in total. The van der Waals surface area contributed by atoms with Crippen molar-refractivity contribution in [2.24, 2.45) is 14.9 Å². The van der Waals surface area contributed by atoms with Crippen molar-refractivity contribution in [3.63, 3.8) is 0 Å². The minimum absolute atomic E-state index is 0.0203. The van der Waals surface area contributed by atoms with Gasteiger partial charge in [0, 0.05) is 17.7 Å². The lowest BCUT2D eigenvalue weighted by atomic mass is 9.91. The van der Waals surface area contributed by atoms with Gasteiger partial charge in [-0.2, -0.15) is 13.5 Å². The molecule has 0 spiro atoms. The molecule has 12 nitrogen and oxygen atoms in total. The fourth-order valence-electron chi connectivity index (χ4n) is 3.03. The molecule has 0 radical (unpaired) electrons. The second-order valence-electron chi connectivity index (χ2n) is 8.82. The molecule has 0 unspecified atom stereocenters. The number of esters is 1. The van der Waals surface area contributed by atoms with Gasteiger partial charge in [-0.15, -0.1) is 4.40 Å². The molecule has 2 aromatic rings. The summed E-state index contributed by atoms with van der Waals surface area (Å²) >= 11 is 0. The van der Waals surface area contributed by atoms with E-state index >= 15 is 0 Å². The molecule has 1 atom stereocenters. The first-order valence-corrected chi connectivity index (χ1v) is 11.9. The molecule has 0 aliphatic carbocycles. The van der Waals surface area contributed by atoms with Gasteiger partial charge in [-0.3, -0.25) is 14.9 Å².